The molecule has 0 aromatic carbocycles. The summed E-state index contributed by atoms with van der Waals surface area (Å²) in [6, 6.07) is 5.62. The van der Waals surface area contributed by atoms with Crippen LogP contribution >= 0.6 is 11.6 Å². The zero-order valence-electron chi connectivity index (χ0n) is 8.61. The maximum Gasteiger partial charge on any atom is 0.159 e. The number of hydrogen-bond acceptors (Lipinski definition) is 5. The molecule has 0 aliphatic rings. The molecule has 2 rings (SSSR count). The van der Waals surface area contributed by atoms with Crippen LogP contribution in [0.25, 0.3) is 0 Å². The van der Waals surface area contributed by atoms with Crippen molar-refractivity contribution in [1.29, 1.82) is 0 Å². The second-order valence-corrected chi connectivity index (χ2v) is 3.57. The molecule has 0 fully saturated rings. The molecule has 0 spiro atoms. The van der Waals surface area contributed by atoms with Crippen molar-refractivity contribution in [3.8, 4) is 0 Å². The Labute approximate surface area is 97.7 Å². The summed E-state index contributed by atoms with van der Waals surface area (Å²) >= 11 is 5.77. The first kappa shape index (κ1) is 10.6. The first-order chi connectivity index (χ1) is 7.66. The van der Waals surface area contributed by atoms with Gasteiger partial charge < -0.3 is 11.1 Å². The first-order valence-corrected chi connectivity index (χ1v) is 5.01. The van der Waals surface area contributed by atoms with E-state index in [0.717, 1.165) is 5.69 Å². The molecule has 2 heterocycles. The minimum Gasteiger partial charge on any atom is -0.393 e. The van der Waals surface area contributed by atoms with Crippen molar-refractivity contribution in [2.45, 2.75) is 6.92 Å². The Morgan fingerprint density at radius 1 is 1.31 bits per heavy atom. The summed E-state index contributed by atoms with van der Waals surface area (Å²) in [4.78, 5) is 12.0. The van der Waals surface area contributed by atoms with Gasteiger partial charge in [-0.3, -0.25) is 0 Å². The minimum atomic E-state index is 0.227. The van der Waals surface area contributed by atoms with E-state index in [2.05, 4.69) is 20.3 Å². The Kier molecular flexibility index (Phi) is 2.87. The van der Waals surface area contributed by atoms with Crippen molar-refractivity contribution < 1.29 is 0 Å². The van der Waals surface area contributed by atoms with Crippen LogP contribution in [0.1, 0.15) is 5.69 Å². The molecular weight excluding hydrogens is 226 g/mol. The van der Waals surface area contributed by atoms with Gasteiger partial charge in [0.1, 0.15) is 17.8 Å². The Balaban J connectivity index is 2.31. The van der Waals surface area contributed by atoms with Crippen molar-refractivity contribution in [1.82, 2.24) is 15.0 Å². The van der Waals surface area contributed by atoms with E-state index in [9.17, 15) is 0 Å². The third-order valence-electron chi connectivity index (χ3n) is 1.97. The molecule has 2 aromatic heterocycles. The summed E-state index contributed by atoms with van der Waals surface area (Å²) < 4.78 is 0. The standard InChI is InChI=1S/C10H10ClN5/c1-6-3-2-4-7(15-6)16-10-8(12)9(11)13-5-14-10/h2-5H,12H2,1H3,(H,13,14,15,16). The van der Waals surface area contributed by atoms with Crippen molar-refractivity contribution in [2.24, 2.45) is 0 Å². The van der Waals surface area contributed by atoms with Gasteiger partial charge in [0, 0.05) is 5.69 Å². The third-order valence-corrected chi connectivity index (χ3v) is 2.27. The van der Waals surface area contributed by atoms with Crippen molar-refractivity contribution >= 4 is 28.9 Å². The average molecular weight is 236 g/mol. The van der Waals surface area contributed by atoms with Gasteiger partial charge in [0.25, 0.3) is 0 Å². The SMILES string of the molecule is Cc1cccc(Nc2ncnc(Cl)c2N)n1. The summed E-state index contributed by atoms with van der Waals surface area (Å²) in [5.74, 6) is 1.12. The van der Waals surface area contributed by atoms with Crippen LogP contribution in [0.2, 0.25) is 5.15 Å². The molecule has 0 unspecified atom stereocenters. The molecule has 0 saturated heterocycles. The quantitative estimate of drug-likeness (QED) is 0.780. The molecule has 82 valence electrons. The summed E-state index contributed by atoms with van der Waals surface area (Å²) in [5.41, 5.74) is 6.94. The number of pyridine rings is 1. The minimum absolute atomic E-state index is 0.227. The van der Waals surface area contributed by atoms with Gasteiger partial charge in [0.05, 0.1) is 0 Å². The maximum atomic E-state index is 5.77. The summed E-state index contributed by atoms with van der Waals surface area (Å²) in [6.07, 6.45) is 1.34. The molecule has 5 nitrogen and oxygen atoms in total. The molecule has 16 heavy (non-hydrogen) atoms. The maximum absolute atomic E-state index is 5.77. The monoisotopic (exact) mass is 235 g/mol. The van der Waals surface area contributed by atoms with Gasteiger partial charge in [0.15, 0.2) is 11.0 Å². The lowest BCUT2D eigenvalue weighted by Gasteiger charge is -2.07. The lowest BCUT2D eigenvalue weighted by Crippen LogP contribution is -2.02. The van der Waals surface area contributed by atoms with Crippen molar-refractivity contribution in [3.05, 3.63) is 35.4 Å². The van der Waals surface area contributed by atoms with Crippen molar-refractivity contribution in [2.75, 3.05) is 11.1 Å². The number of halogens is 1. The summed E-state index contributed by atoms with van der Waals surface area (Å²) in [5, 5.41) is 3.21. The van der Waals surface area contributed by atoms with Gasteiger partial charge in [-0.05, 0) is 19.1 Å². The Morgan fingerprint density at radius 3 is 2.88 bits per heavy atom. The number of anilines is 3. The first-order valence-electron chi connectivity index (χ1n) is 4.63. The lowest BCUT2D eigenvalue weighted by molar-refractivity contribution is 1.15. The lowest BCUT2D eigenvalue weighted by atomic mass is 10.3. The number of rotatable bonds is 2. The molecule has 0 bridgehead atoms. The molecule has 0 radical (unpaired) electrons. The number of nitrogens with one attached hydrogen (secondary N) is 1. The van der Waals surface area contributed by atoms with Gasteiger partial charge >= 0.3 is 0 Å². The van der Waals surface area contributed by atoms with E-state index >= 15 is 0 Å². The van der Waals surface area contributed by atoms with Crippen LogP contribution in [0, 0.1) is 6.92 Å². The Hall–Kier alpha value is -1.88. The van der Waals surface area contributed by atoms with Gasteiger partial charge in [0.2, 0.25) is 0 Å². The number of aryl methyl sites for hydroxylation is 1. The molecule has 0 atom stereocenters. The van der Waals surface area contributed by atoms with E-state index in [1.807, 2.05) is 25.1 Å². The molecule has 0 saturated carbocycles. The Morgan fingerprint density at radius 2 is 2.12 bits per heavy atom. The number of nitrogen functional groups attached to an aromatic ring is 1. The predicted octanol–water partition coefficient (Wildman–Crippen LogP) is 2.16. The third kappa shape index (κ3) is 2.20. The van der Waals surface area contributed by atoms with E-state index in [1.165, 1.54) is 6.33 Å². The fourth-order valence-corrected chi connectivity index (χ4v) is 1.34. The summed E-state index contributed by atoms with van der Waals surface area (Å²) in [7, 11) is 0. The van der Waals surface area contributed by atoms with Gasteiger partial charge in [-0.1, -0.05) is 17.7 Å². The van der Waals surface area contributed by atoms with E-state index < -0.39 is 0 Å². The highest BCUT2D eigenvalue weighted by Crippen LogP contribution is 2.24. The van der Waals surface area contributed by atoms with Crippen molar-refractivity contribution in [3.63, 3.8) is 0 Å². The van der Waals surface area contributed by atoms with Crippen LogP contribution in [-0.2, 0) is 0 Å². The molecule has 0 amide bonds. The zero-order valence-corrected chi connectivity index (χ0v) is 9.36. The number of hydrogen-bond donors (Lipinski definition) is 2. The number of nitrogens with two attached hydrogens (primary N) is 1. The van der Waals surface area contributed by atoms with Crippen LogP contribution in [0.4, 0.5) is 17.3 Å². The topological polar surface area (TPSA) is 76.7 Å². The van der Waals surface area contributed by atoms with Crippen LogP contribution in [0.3, 0.4) is 0 Å². The highest BCUT2D eigenvalue weighted by molar-refractivity contribution is 6.32. The smallest absolute Gasteiger partial charge is 0.159 e. The average Bonchev–Trinajstić information content (AvgIpc) is 2.25. The predicted molar refractivity (Wildman–Crippen MR) is 63.7 cm³/mol. The van der Waals surface area contributed by atoms with Crippen LogP contribution in [0.5, 0.6) is 0 Å². The largest absolute Gasteiger partial charge is 0.393 e. The van der Waals surface area contributed by atoms with Gasteiger partial charge in [-0.15, -0.1) is 0 Å². The van der Waals surface area contributed by atoms with Crippen LogP contribution < -0.4 is 11.1 Å². The van der Waals surface area contributed by atoms with Gasteiger partial charge in [-0.25, -0.2) is 15.0 Å². The second-order valence-electron chi connectivity index (χ2n) is 3.22. The fraction of sp³-hybridized carbons (Fsp3) is 0.100. The molecule has 0 aliphatic carbocycles. The van der Waals surface area contributed by atoms with Crippen LogP contribution in [-0.4, -0.2) is 15.0 Å². The summed E-state index contributed by atoms with van der Waals surface area (Å²) in [6.45, 7) is 1.90. The van der Waals surface area contributed by atoms with Gasteiger partial charge in [-0.2, -0.15) is 0 Å². The number of nitrogens with zero attached hydrogens (tertiary/aromatic N) is 3. The molecule has 2 aromatic rings. The zero-order chi connectivity index (χ0) is 11.5. The fourth-order valence-electron chi connectivity index (χ4n) is 1.21. The molecular formula is C10H10ClN5. The normalized spacial score (nSPS) is 10.1. The Bertz CT molecular complexity index is 514. The molecule has 3 N–H and O–H groups in total. The molecule has 0 aliphatic heterocycles. The van der Waals surface area contributed by atoms with E-state index in [0.29, 0.717) is 17.3 Å². The van der Waals surface area contributed by atoms with E-state index in [4.69, 9.17) is 17.3 Å². The van der Waals surface area contributed by atoms with Crippen LogP contribution in [0.15, 0.2) is 24.5 Å². The molecule has 6 heteroatoms. The van der Waals surface area contributed by atoms with E-state index in [1.54, 1.807) is 0 Å². The highest BCUT2D eigenvalue weighted by atomic mass is 35.5. The highest BCUT2D eigenvalue weighted by Gasteiger charge is 2.06. The van der Waals surface area contributed by atoms with E-state index in [-0.39, 0.29) is 5.15 Å². The number of aromatic nitrogens is 3. The second kappa shape index (κ2) is 4.32.